The molecule has 36 heavy (non-hydrogen) atoms. The lowest BCUT2D eigenvalue weighted by Crippen LogP contribution is -2.46. The topological polar surface area (TPSA) is 121 Å². The first-order valence-corrected chi connectivity index (χ1v) is 13.6. The van der Waals surface area contributed by atoms with Crippen LogP contribution in [0, 0.1) is 19.3 Å². The van der Waals surface area contributed by atoms with Gasteiger partial charge in [0.15, 0.2) is 0 Å². The van der Waals surface area contributed by atoms with Crippen molar-refractivity contribution < 1.29 is 22.7 Å². The second-order valence-electron chi connectivity index (χ2n) is 8.49. The fourth-order valence-electron chi connectivity index (χ4n) is 3.55. The van der Waals surface area contributed by atoms with Crippen LogP contribution in [-0.4, -0.2) is 53.9 Å². The minimum absolute atomic E-state index is 0.0245. The maximum Gasteiger partial charge on any atom is 0.283 e. The van der Waals surface area contributed by atoms with E-state index in [0.29, 0.717) is 24.5 Å². The van der Waals surface area contributed by atoms with Gasteiger partial charge in [0.05, 0.1) is 22.8 Å². The Morgan fingerprint density at radius 2 is 1.69 bits per heavy atom. The highest BCUT2D eigenvalue weighted by Crippen LogP contribution is 2.31. The summed E-state index contributed by atoms with van der Waals surface area (Å²) in [6.45, 7) is 7.81. The van der Waals surface area contributed by atoms with E-state index in [1.807, 2.05) is 32.0 Å². The van der Waals surface area contributed by atoms with E-state index in [-0.39, 0.29) is 21.7 Å². The van der Waals surface area contributed by atoms with Gasteiger partial charge in [-0.15, -0.1) is 0 Å². The molecule has 2 aliphatic heterocycles. The number of carbonyl (C=O) groups is 1. The number of benzene rings is 2. The van der Waals surface area contributed by atoms with Crippen molar-refractivity contribution in [1.29, 1.82) is 5.41 Å². The number of rotatable bonds is 7. The van der Waals surface area contributed by atoms with Gasteiger partial charge in [-0.25, -0.2) is 13.3 Å². The highest BCUT2D eigenvalue weighted by Gasteiger charge is 2.43. The van der Waals surface area contributed by atoms with Gasteiger partial charge in [0.25, 0.3) is 5.91 Å². The number of nitrogens with one attached hydrogen (secondary N) is 1. The molecular weight excluding hydrogens is 500 g/mol. The standard InChI is InChI=1S/C25H26N4O5S2/c1-15(2)36(31,32)25-28-35-24-27-23(30)20(22(26)29(24)25)14-18-8-10-19(11-9-18)33-12-13-34-21-16(3)6-5-7-17(21)4/h5-11,14-15,26H,12-13H2,1-4H3/b20-14-,26-22?. The molecular formula is C25H26N4O5S2. The summed E-state index contributed by atoms with van der Waals surface area (Å²) in [4.78, 5) is 17.6. The number of aliphatic imine (C=N–C) groups is 1. The number of nitrogens with zero attached hydrogens (tertiary/aromatic N) is 3. The number of amidine groups is 3. The van der Waals surface area contributed by atoms with Crippen LogP contribution in [-0.2, 0) is 14.6 Å². The van der Waals surface area contributed by atoms with E-state index >= 15 is 0 Å². The van der Waals surface area contributed by atoms with Crippen molar-refractivity contribution in [3.8, 4) is 11.5 Å². The zero-order valence-electron chi connectivity index (χ0n) is 20.3. The molecule has 1 amide bonds. The maximum absolute atomic E-state index is 12.7. The molecule has 2 aliphatic rings. The Balaban J connectivity index is 1.43. The number of ether oxygens (including phenoxy) is 2. The molecule has 1 N–H and O–H groups in total. The minimum atomic E-state index is -3.77. The molecule has 2 aromatic carbocycles. The summed E-state index contributed by atoms with van der Waals surface area (Å²) in [6, 6.07) is 13.0. The Labute approximate surface area is 214 Å². The summed E-state index contributed by atoms with van der Waals surface area (Å²) in [5.41, 5.74) is 2.75. The van der Waals surface area contributed by atoms with Crippen LogP contribution in [0.1, 0.15) is 30.5 Å². The lowest BCUT2D eigenvalue weighted by molar-refractivity contribution is -0.114. The Morgan fingerprint density at radius 1 is 1.06 bits per heavy atom. The molecule has 0 unspecified atom stereocenters. The molecule has 2 aromatic rings. The summed E-state index contributed by atoms with van der Waals surface area (Å²) >= 11 is 0.775. The minimum Gasteiger partial charge on any atom is -0.490 e. The molecule has 9 nitrogen and oxygen atoms in total. The van der Waals surface area contributed by atoms with Crippen LogP contribution in [0.5, 0.6) is 11.5 Å². The van der Waals surface area contributed by atoms with Gasteiger partial charge < -0.3 is 9.47 Å². The summed E-state index contributed by atoms with van der Waals surface area (Å²) in [6.07, 6.45) is 1.50. The molecule has 0 spiro atoms. The van der Waals surface area contributed by atoms with E-state index in [2.05, 4.69) is 9.39 Å². The van der Waals surface area contributed by atoms with Gasteiger partial charge >= 0.3 is 0 Å². The van der Waals surface area contributed by atoms with Gasteiger partial charge in [-0.1, -0.05) is 30.3 Å². The molecule has 0 aromatic heterocycles. The second kappa shape index (κ2) is 10.3. The number of amides is 1. The zero-order chi connectivity index (χ0) is 26.0. The van der Waals surface area contributed by atoms with Crippen molar-refractivity contribution in [3.05, 3.63) is 64.7 Å². The highest BCUT2D eigenvalue weighted by molar-refractivity contribution is 8.16. The third kappa shape index (κ3) is 5.07. The summed E-state index contributed by atoms with van der Waals surface area (Å²) in [5.74, 6) is 0.586. The molecule has 0 radical (unpaired) electrons. The van der Waals surface area contributed by atoms with Crippen LogP contribution in [0.25, 0.3) is 6.08 Å². The van der Waals surface area contributed by atoms with E-state index in [9.17, 15) is 13.2 Å². The Kier molecular flexibility index (Phi) is 7.32. The molecule has 11 heteroatoms. The van der Waals surface area contributed by atoms with E-state index < -0.39 is 21.0 Å². The van der Waals surface area contributed by atoms with Crippen molar-refractivity contribution in [3.63, 3.8) is 0 Å². The van der Waals surface area contributed by atoms with Gasteiger partial charge in [-0.2, -0.15) is 9.39 Å². The van der Waals surface area contributed by atoms with Gasteiger partial charge in [-0.05, 0) is 62.6 Å². The Hall–Kier alpha value is -3.44. The van der Waals surface area contributed by atoms with Crippen molar-refractivity contribution in [2.45, 2.75) is 32.9 Å². The molecule has 0 fully saturated rings. The van der Waals surface area contributed by atoms with E-state index in [1.54, 1.807) is 24.3 Å². The number of hydrogen-bond donors (Lipinski definition) is 1. The van der Waals surface area contributed by atoms with E-state index in [1.165, 1.54) is 19.9 Å². The fourth-order valence-corrected chi connectivity index (χ4v) is 5.61. The lowest BCUT2D eigenvalue weighted by atomic mass is 10.1. The molecule has 0 saturated heterocycles. The van der Waals surface area contributed by atoms with Crippen molar-refractivity contribution in [1.82, 2.24) is 4.90 Å². The van der Waals surface area contributed by atoms with Crippen LogP contribution in [0.2, 0.25) is 0 Å². The van der Waals surface area contributed by atoms with Crippen LogP contribution in [0.15, 0.2) is 57.4 Å². The van der Waals surface area contributed by atoms with Crippen LogP contribution in [0.4, 0.5) is 0 Å². The molecule has 0 saturated carbocycles. The number of carbonyl (C=O) groups excluding carboxylic acids is 1. The molecule has 4 rings (SSSR count). The SMILES string of the molecule is Cc1cccc(C)c1OCCOc1ccc(/C=C2/C(=N)N3C(=NC2=O)SN=C3S(=O)(=O)C(C)C)cc1. The third-order valence-electron chi connectivity index (χ3n) is 5.57. The smallest absolute Gasteiger partial charge is 0.283 e. The largest absolute Gasteiger partial charge is 0.490 e. The first kappa shape index (κ1) is 25.6. The van der Waals surface area contributed by atoms with E-state index in [4.69, 9.17) is 14.9 Å². The molecule has 188 valence electrons. The quantitative estimate of drug-likeness (QED) is 0.327. The molecule has 0 aliphatic carbocycles. The zero-order valence-corrected chi connectivity index (χ0v) is 21.9. The first-order valence-electron chi connectivity index (χ1n) is 11.2. The van der Waals surface area contributed by atoms with Crippen molar-refractivity contribution in [2.24, 2.45) is 9.39 Å². The van der Waals surface area contributed by atoms with Gasteiger partial charge in [-0.3, -0.25) is 10.2 Å². The average molecular weight is 527 g/mol. The van der Waals surface area contributed by atoms with Crippen molar-refractivity contribution >= 4 is 49.9 Å². The lowest BCUT2D eigenvalue weighted by Gasteiger charge is -2.25. The first-order chi connectivity index (χ1) is 17.1. The number of fused-ring (bicyclic) bond motifs is 1. The summed E-state index contributed by atoms with van der Waals surface area (Å²) < 4.78 is 40.9. The summed E-state index contributed by atoms with van der Waals surface area (Å²) in [5, 5.41) is 7.57. The van der Waals surface area contributed by atoms with Gasteiger partial charge in [0, 0.05) is 0 Å². The second-order valence-corrected chi connectivity index (χ2v) is 11.6. The highest BCUT2D eigenvalue weighted by atomic mass is 32.2. The molecule has 0 bridgehead atoms. The number of hydrogen-bond acceptors (Lipinski definition) is 8. The van der Waals surface area contributed by atoms with Crippen LogP contribution >= 0.6 is 11.9 Å². The third-order valence-corrected chi connectivity index (χ3v) is 8.41. The van der Waals surface area contributed by atoms with Gasteiger partial charge in [0.1, 0.15) is 30.5 Å². The number of para-hydroxylation sites is 1. The average Bonchev–Trinajstić information content (AvgIpc) is 3.26. The summed E-state index contributed by atoms with van der Waals surface area (Å²) in [7, 11) is -3.77. The predicted octanol–water partition coefficient (Wildman–Crippen LogP) is 4.16. The Morgan fingerprint density at radius 3 is 2.33 bits per heavy atom. The normalized spacial score (nSPS) is 16.8. The number of sulfone groups is 1. The number of aryl methyl sites for hydroxylation is 2. The molecule has 0 atom stereocenters. The van der Waals surface area contributed by atoms with Crippen molar-refractivity contribution in [2.75, 3.05) is 13.2 Å². The predicted molar refractivity (Wildman–Crippen MR) is 142 cm³/mol. The van der Waals surface area contributed by atoms with Crippen LogP contribution in [0.3, 0.4) is 0 Å². The van der Waals surface area contributed by atoms with Crippen LogP contribution < -0.4 is 9.47 Å². The van der Waals surface area contributed by atoms with Gasteiger partial charge in [0.2, 0.25) is 20.2 Å². The maximum atomic E-state index is 12.7. The van der Waals surface area contributed by atoms with E-state index in [0.717, 1.165) is 33.7 Å². The fraction of sp³-hybridized carbons (Fsp3) is 0.280. The monoisotopic (exact) mass is 526 g/mol. The molecule has 2 heterocycles. The Bertz CT molecular complexity index is 1390.